The zero-order valence-electron chi connectivity index (χ0n) is 10.9. The van der Waals surface area contributed by atoms with Crippen LogP contribution in [-0.4, -0.2) is 35.1 Å². The average molecular weight is 304 g/mol. The van der Waals surface area contributed by atoms with Crippen molar-refractivity contribution in [2.75, 3.05) is 0 Å². The third-order valence-electron chi connectivity index (χ3n) is 2.35. The van der Waals surface area contributed by atoms with Crippen LogP contribution in [0.25, 0.3) is 0 Å². The minimum absolute atomic E-state index is 0. The summed E-state index contributed by atoms with van der Waals surface area (Å²) in [5, 5.41) is 0. The van der Waals surface area contributed by atoms with Gasteiger partial charge in [0.1, 0.15) is 0 Å². The van der Waals surface area contributed by atoms with Gasteiger partial charge in [0.15, 0.2) is 17.3 Å². The predicted molar refractivity (Wildman–Crippen MR) is 56.3 cm³/mol. The molecular weight excluding hydrogens is 292 g/mol. The van der Waals surface area contributed by atoms with Gasteiger partial charge in [-0.25, -0.2) is 4.79 Å². The van der Waals surface area contributed by atoms with Crippen molar-refractivity contribution < 1.29 is 55.2 Å². The number of carbonyl (C=O) groups excluding carboxylic acids is 6. The molecule has 0 saturated heterocycles. The van der Waals surface area contributed by atoms with Gasteiger partial charge in [-0.05, 0) is 20.8 Å². The molecule has 7 nitrogen and oxygen atoms in total. The first kappa shape index (κ1) is 19.9. The Morgan fingerprint density at radius 1 is 0.737 bits per heavy atom. The Morgan fingerprint density at radius 2 is 1.05 bits per heavy atom. The van der Waals surface area contributed by atoms with Gasteiger partial charge >= 0.3 is 11.9 Å². The number of esters is 2. The van der Waals surface area contributed by atoms with Crippen molar-refractivity contribution in [1.82, 2.24) is 0 Å². The van der Waals surface area contributed by atoms with Crippen LogP contribution in [0.5, 0.6) is 0 Å². The fourth-order valence-electron chi connectivity index (χ4n) is 1.55. The SMILES string of the molecule is CC(=O)OC(=O)C(=O)C(C(C)=O)(C(C)=O)C(C)=O.[Ti]. The van der Waals surface area contributed by atoms with Gasteiger partial charge in [-0.2, -0.15) is 0 Å². The number of ether oxygens (including phenoxy) is 1. The van der Waals surface area contributed by atoms with Gasteiger partial charge < -0.3 is 4.74 Å². The number of ketones is 4. The smallest absolute Gasteiger partial charge is 0.384 e. The largest absolute Gasteiger partial charge is 0.387 e. The van der Waals surface area contributed by atoms with Crippen LogP contribution in [0.2, 0.25) is 0 Å². The third-order valence-corrected chi connectivity index (χ3v) is 2.35. The summed E-state index contributed by atoms with van der Waals surface area (Å²) in [5.74, 6) is -7.71. The van der Waals surface area contributed by atoms with Crippen LogP contribution in [0.15, 0.2) is 0 Å². The van der Waals surface area contributed by atoms with Crippen molar-refractivity contribution >= 4 is 35.1 Å². The van der Waals surface area contributed by atoms with E-state index >= 15 is 0 Å². The molecule has 102 valence electrons. The fraction of sp³-hybridized carbons (Fsp3) is 0.455. The first-order chi connectivity index (χ1) is 8.08. The van der Waals surface area contributed by atoms with E-state index in [1.807, 2.05) is 0 Å². The van der Waals surface area contributed by atoms with Gasteiger partial charge in [0, 0.05) is 28.6 Å². The summed E-state index contributed by atoms with van der Waals surface area (Å²) in [5.41, 5.74) is -2.72. The van der Waals surface area contributed by atoms with Crippen molar-refractivity contribution in [2.45, 2.75) is 27.7 Å². The molecule has 0 unspecified atom stereocenters. The summed E-state index contributed by atoms with van der Waals surface area (Å²) in [6, 6.07) is 0. The van der Waals surface area contributed by atoms with E-state index in [9.17, 15) is 28.8 Å². The second-order valence-corrected chi connectivity index (χ2v) is 3.63. The van der Waals surface area contributed by atoms with E-state index in [2.05, 4.69) is 4.74 Å². The Morgan fingerprint density at radius 3 is 1.26 bits per heavy atom. The van der Waals surface area contributed by atoms with Gasteiger partial charge in [0.05, 0.1) is 0 Å². The molecule has 0 heterocycles. The van der Waals surface area contributed by atoms with E-state index < -0.39 is 40.5 Å². The number of carbonyl (C=O) groups is 6. The molecule has 0 rings (SSSR count). The molecule has 0 fully saturated rings. The summed E-state index contributed by atoms with van der Waals surface area (Å²) >= 11 is 0. The Labute approximate surface area is 123 Å². The van der Waals surface area contributed by atoms with Gasteiger partial charge in [0.25, 0.3) is 5.78 Å². The molecule has 0 aromatic rings. The average Bonchev–Trinajstić information content (AvgIpc) is 2.14. The van der Waals surface area contributed by atoms with Crippen LogP contribution in [0.3, 0.4) is 0 Å². The van der Waals surface area contributed by atoms with Crippen molar-refractivity contribution in [1.29, 1.82) is 0 Å². The minimum atomic E-state index is -2.72. The molecule has 0 aromatic heterocycles. The Kier molecular flexibility index (Phi) is 7.53. The van der Waals surface area contributed by atoms with Crippen molar-refractivity contribution in [3.8, 4) is 0 Å². The normalized spacial score (nSPS) is 9.89. The second kappa shape index (κ2) is 7.20. The van der Waals surface area contributed by atoms with Gasteiger partial charge in [-0.15, -0.1) is 0 Å². The van der Waals surface area contributed by atoms with Crippen molar-refractivity contribution in [2.24, 2.45) is 5.41 Å². The van der Waals surface area contributed by atoms with Crippen LogP contribution in [0.1, 0.15) is 27.7 Å². The summed E-state index contributed by atoms with van der Waals surface area (Å²) in [7, 11) is 0. The van der Waals surface area contributed by atoms with Gasteiger partial charge in [0.2, 0.25) is 5.41 Å². The molecule has 0 atom stereocenters. The van der Waals surface area contributed by atoms with Crippen LogP contribution in [0, 0.1) is 5.41 Å². The molecule has 19 heavy (non-hydrogen) atoms. The Balaban J connectivity index is 0. The summed E-state index contributed by atoms with van der Waals surface area (Å²) < 4.78 is 3.98. The standard InChI is InChI=1S/C11H12O7.Ti/c1-5(12)11(6(2)13,7(3)14)9(16)10(17)18-8(4)15;/h1-4H3;. The Hall–Kier alpha value is -1.47. The molecule has 0 bridgehead atoms. The molecule has 0 aliphatic rings. The molecule has 0 aliphatic carbocycles. The molecule has 0 aliphatic heterocycles. The summed E-state index contributed by atoms with van der Waals surface area (Å²) in [6.45, 7) is 3.37. The molecule has 0 aromatic carbocycles. The van der Waals surface area contributed by atoms with E-state index in [-0.39, 0.29) is 21.7 Å². The van der Waals surface area contributed by atoms with E-state index in [0.29, 0.717) is 0 Å². The van der Waals surface area contributed by atoms with E-state index in [1.54, 1.807) is 0 Å². The maximum Gasteiger partial charge on any atom is 0.384 e. The molecule has 0 saturated carbocycles. The van der Waals surface area contributed by atoms with E-state index in [0.717, 1.165) is 27.7 Å². The monoisotopic (exact) mass is 304 g/mol. The first-order valence-corrected chi connectivity index (χ1v) is 4.88. The van der Waals surface area contributed by atoms with Crippen LogP contribution in [-0.2, 0) is 55.2 Å². The molecular formula is C11H12O7Ti. The van der Waals surface area contributed by atoms with E-state index in [4.69, 9.17) is 0 Å². The maximum atomic E-state index is 11.7. The Bertz CT molecular complexity index is 428. The topological polar surface area (TPSA) is 112 Å². The maximum absolute atomic E-state index is 11.7. The number of Topliss-reactive ketones (excluding diaryl/α,β-unsaturated/α-hetero) is 4. The molecule has 0 radical (unpaired) electrons. The van der Waals surface area contributed by atoms with Gasteiger partial charge in [-0.1, -0.05) is 0 Å². The minimum Gasteiger partial charge on any atom is -0.387 e. The quantitative estimate of drug-likeness (QED) is 0.288. The summed E-state index contributed by atoms with van der Waals surface area (Å²) in [6.07, 6.45) is 0. The van der Waals surface area contributed by atoms with Crippen LogP contribution >= 0.6 is 0 Å². The zero-order chi connectivity index (χ0) is 14.7. The summed E-state index contributed by atoms with van der Waals surface area (Å²) in [4.78, 5) is 67.8. The molecule has 0 amide bonds. The van der Waals surface area contributed by atoms with Gasteiger partial charge in [-0.3, -0.25) is 24.0 Å². The van der Waals surface area contributed by atoms with Crippen molar-refractivity contribution in [3.63, 3.8) is 0 Å². The van der Waals surface area contributed by atoms with Crippen LogP contribution < -0.4 is 0 Å². The molecule has 8 heteroatoms. The first-order valence-electron chi connectivity index (χ1n) is 4.88. The van der Waals surface area contributed by atoms with Crippen molar-refractivity contribution in [3.05, 3.63) is 0 Å². The zero-order valence-corrected chi connectivity index (χ0v) is 12.4. The fourth-order valence-corrected chi connectivity index (χ4v) is 1.55. The molecule has 0 spiro atoms. The third kappa shape index (κ3) is 3.75. The van der Waals surface area contributed by atoms with E-state index in [1.165, 1.54) is 0 Å². The number of hydrogen-bond donors (Lipinski definition) is 0. The predicted octanol–water partition coefficient (Wildman–Crippen LogP) is -0.604. The van der Waals surface area contributed by atoms with Crippen LogP contribution in [0.4, 0.5) is 0 Å². The molecule has 0 N–H and O–H groups in total. The number of rotatable bonds is 5. The second-order valence-electron chi connectivity index (χ2n) is 3.63. The number of hydrogen-bond acceptors (Lipinski definition) is 7.